The lowest BCUT2D eigenvalue weighted by Gasteiger charge is -2.32. The van der Waals surface area contributed by atoms with Crippen LogP contribution in [0.5, 0.6) is 0 Å². The zero-order chi connectivity index (χ0) is 15.0. The van der Waals surface area contributed by atoms with Gasteiger partial charge in [0.2, 0.25) is 5.91 Å². The Morgan fingerprint density at radius 1 is 1.25 bits per heavy atom. The molecule has 0 aromatic heterocycles. The lowest BCUT2D eigenvalue weighted by molar-refractivity contribution is -0.123. The first-order chi connectivity index (χ1) is 9.51. The number of likely N-dealkylation sites (tertiary alicyclic amines) is 1. The Bertz CT molecular complexity index is 273. The summed E-state index contributed by atoms with van der Waals surface area (Å²) < 4.78 is 0. The van der Waals surface area contributed by atoms with Crippen molar-refractivity contribution in [3.8, 4) is 0 Å². The monoisotopic (exact) mass is 283 g/mol. The second-order valence-electron chi connectivity index (χ2n) is 6.65. The van der Waals surface area contributed by atoms with Gasteiger partial charge in [-0.25, -0.2) is 0 Å². The molecule has 0 spiro atoms. The van der Waals surface area contributed by atoms with Gasteiger partial charge in [-0.05, 0) is 64.2 Å². The van der Waals surface area contributed by atoms with Crippen LogP contribution >= 0.6 is 0 Å². The Morgan fingerprint density at radius 2 is 1.90 bits per heavy atom. The quantitative estimate of drug-likeness (QED) is 0.714. The molecule has 1 atom stereocenters. The molecule has 0 aromatic rings. The molecule has 20 heavy (non-hydrogen) atoms. The van der Waals surface area contributed by atoms with Crippen LogP contribution in [0.1, 0.15) is 47.0 Å². The molecule has 1 amide bonds. The van der Waals surface area contributed by atoms with E-state index < -0.39 is 0 Å². The maximum Gasteiger partial charge on any atom is 0.234 e. The number of amides is 1. The number of piperidine rings is 1. The van der Waals surface area contributed by atoms with Crippen LogP contribution in [0.3, 0.4) is 0 Å². The average Bonchev–Trinajstić information content (AvgIpc) is 2.40. The number of nitrogens with one attached hydrogen (secondary N) is 2. The molecule has 2 N–H and O–H groups in total. The van der Waals surface area contributed by atoms with E-state index in [-0.39, 0.29) is 5.91 Å². The third-order valence-corrected chi connectivity index (χ3v) is 4.08. The van der Waals surface area contributed by atoms with Gasteiger partial charge in [0.15, 0.2) is 0 Å². The molecule has 0 bridgehead atoms. The van der Waals surface area contributed by atoms with Crippen molar-refractivity contribution >= 4 is 5.91 Å². The van der Waals surface area contributed by atoms with Gasteiger partial charge in [-0.15, -0.1) is 0 Å². The highest BCUT2D eigenvalue weighted by Crippen LogP contribution is 2.16. The SMILES string of the molecule is CCC(C)NC(=O)CN1CCC(CNCC(C)C)CC1. The van der Waals surface area contributed by atoms with Crippen LogP contribution in [0.15, 0.2) is 0 Å². The second kappa shape index (κ2) is 9.35. The van der Waals surface area contributed by atoms with Crippen molar-refractivity contribution in [2.45, 2.75) is 53.0 Å². The number of hydrogen-bond acceptors (Lipinski definition) is 3. The number of carbonyl (C=O) groups is 1. The Morgan fingerprint density at radius 3 is 2.45 bits per heavy atom. The van der Waals surface area contributed by atoms with E-state index in [1.54, 1.807) is 0 Å². The molecule has 118 valence electrons. The highest BCUT2D eigenvalue weighted by Gasteiger charge is 2.20. The van der Waals surface area contributed by atoms with Crippen LogP contribution in [0.2, 0.25) is 0 Å². The molecule has 4 heteroatoms. The average molecular weight is 283 g/mol. The number of hydrogen-bond donors (Lipinski definition) is 2. The molecule has 1 aliphatic heterocycles. The van der Waals surface area contributed by atoms with Crippen molar-refractivity contribution in [3.05, 3.63) is 0 Å². The summed E-state index contributed by atoms with van der Waals surface area (Å²) in [5.41, 5.74) is 0. The molecule has 4 nitrogen and oxygen atoms in total. The maximum atomic E-state index is 11.8. The lowest BCUT2D eigenvalue weighted by Crippen LogP contribution is -2.44. The first-order valence-corrected chi connectivity index (χ1v) is 8.23. The Balaban J connectivity index is 2.14. The molecule has 1 fully saturated rings. The van der Waals surface area contributed by atoms with Crippen molar-refractivity contribution in [2.75, 3.05) is 32.7 Å². The number of rotatable bonds is 8. The summed E-state index contributed by atoms with van der Waals surface area (Å²) >= 11 is 0. The molecule has 0 radical (unpaired) electrons. The van der Waals surface area contributed by atoms with Crippen molar-refractivity contribution in [2.24, 2.45) is 11.8 Å². The molecule has 1 rings (SSSR count). The molecular formula is C16H33N3O. The van der Waals surface area contributed by atoms with Gasteiger partial charge in [-0.3, -0.25) is 9.69 Å². The van der Waals surface area contributed by atoms with Crippen molar-refractivity contribution < 1.29 is 4.79 Å². The van der Waals surface area contributed by atoms with E-state index in [1.807, 2.05) is 0 Å². The normalized spacial score (nSPS) is 19.2. The van der Waals surface area contributed by atoms with Crippen LogP contribution in [0, 0.1) is 11.8 Å². The van der Waals surface area contributed by atoms with Gasteiger partial charge in [0.05, 0.1) is 6.54 Å². The van der Waals surface area contributed by atoms with E-state index in [0.717, 1.165) is 44.4 Å². The minimum Gasteiger partial charge on any atom is -0.353 e. The summed E-state index contributed by atoms with van der Waals surface area (Å²) in [6.45, 7) is 13.6. The van der Waals surface area contributed by atoms with E-state index in [4.69, 9.17) is 0 Å². The van der Waals surface area contributed by atoms with Crippen LogP contribution in [0.4, 0.5) is 0 Å². The van der Waals surface area contributed by atoms with Gasteiger partial charge < -0.3 is 10.6 Å². The maximum absolute atomic E-state index is 11.8. The zero-order valence-electron chi connectivity index (χ0n) is 13.7. The summed E-state index contributed by atoms with van der Waals surface area (Å²) in [4.78, 5) is 14.1. The predicted octanol–water partition coefficient (Wildman–Crippen LogP) is 1.86. The third kappa shape index (κ3) is 7.25. The van der Waals surface area contributed by atoms with E-state index in [2.05, 4.69) is 43.2 Å². The minimum atomic E-state index is 0.177. The molecule has 0 aromatic carbocycles. The smallest absolute Gasteiger partial charge is 0.234 e. The van der Waals surface area contributed by atoms with E-state index >= 15 is 0 Å². The van der Waals surface area contributed by atoms with Crippen LogP contribution in [0.25, 0.3) is 0 Å². The summed E-state index contributed by atoms with van der Waals surface area (Å²) in [5, 5.41) is 6.59. The van der Waals surface area contributed by atoms with Crippen LogP contribution in [-0.4, -0.2) is 49.6 Å². The highest BCUT2D eigenvalue weighted by atomic mass is 16.2. The fourth-order valence-corrected chi connectivity index (χ4v) is 2.55. The lowest BCUT2D eigenvalue weighted by atomic mass is 9.96. The molecule has 1 unspecified atom stereocenters. The first-order valence-electron chi connectivity index (χ1n) is 8.23. The standard InChI is InChI=1S/C16H33N3O/c1-5-14(4)18-16(20)12-19-8-6-15(7-9-19)11-17-10-13(2)3/h13-15,17H,5-12H2,1-4H3,(H,18,20). The predicted molar refractivity (Wildman–Crippen MR) is 84.8 cm³/mol. The van der Waals surface area contributed by atoms with Gasteiger partial charge in [-0.1, -0.05) is 20.8 Å². The Hall–Kier alpha value is -0.610. The molecule has 1 aliphatic rings. The first kappa shape index (κ1) is 17.4. The fraction of sp³-hybridized carbons (Fsp3) is 0.938. The van der Waals surface area contributed by atoms with E-state index in [1.165, 1.54) is 12.8 Å². The largest absolute Gasteiger partial charge is 0.353 e. The summed E-state index contributed by atoms with van der Waals surface area (Å²) in [6.07, 6.45) is 3.42. The Labute approximate surface area is 124 Å². The van der Waals surface area contributed by atoms with Crippen LogP contribution < -0.4 is 10.6 Å². The summed E-state index contributed by atoms with van der Waals surface area (Å²) in [6, 6.07) is 0.292. The third-order valence-electron chi connectivity index (χ3n) is 4.08. The molecule has 1 saturated heterocycles. The van der Waals surface area contributed by atoms with Crippen LogP contribution in [-0.2, 0) is 4.79 Å². The molecule has 0 saturated carbocycles. The number of carbonyl (C=O) groups excluding carboxylic acids is 1. The second-order valence-corrected chi connectivity index (χ2v) is 6.65. The highest BCUT2D eigenvalue weighted by molar-refractivity contribution is 5.78. The Kier molecular flexibility index (Phi) is 8.15. The van der Waals surface area contributed by atoms with Gasteiger partial charge >= 0.3 is 0 Å². The van der Waals surface area contributed by atoms with Gasteiger partial charge in [-0.2, -0.15) is 0 Å². The minimum absolute atomic E-state index is 0.177. The van der Waals surface area contributed by atoms with E-state index in [9.17, 15) is 4.79 Å². The van der Waals surface area contributed by atoms with E-state index in [0.29, 0.717) is 12.6 Å². The van der Waals surface area contributed by atoms with Gasteiger partial charge in [0.25, 0.3) is 0 Å². The molecule has 1 heterocycles. The molecular weight excluding hydrogens is 250 g/mol. The zero-order valence-corrected chi connectivity index (χ0v) is 13.7. The fourth-order valence-electron chi connectivity index (χ4n) is 2.55. The van der Waals surface area contributed by atoms with Crippen molar-refractivity contribution in [1.29, 1.82) is 0 Å². The van der Waals surface area contributed by atoms with Crippen molar-refractivity contribution in [3.63, 3.8) is 0 Å². The molecule has 0 aliphatic carbocycles. The van der Waals surface area contributed by atoms with Gasteiger partial charge in [0, 0.05) is 6.04 Å². The van der Waals surface area contributed by atoms with Crippen molar-refractivity contribution in [1.82, 2.24) is 15.5 Å². The summed E-state index contributed by atoms with van der Waals surface area (Å²) in [7, 11) is 0. The van der Waals surface area contributed by atoms with Gasteiger partial charge in [0.1, 0.15) is 0 Å². The topological polar surface area (TPSA) is 44.4 Å². The summed E-state index contributed by atoms with van der Waals surface area (Å²) in [5.74, 6) is 1.68. The number of nitrogens with zero attached hydrogens (tertiary/aromatic N) is 1.